The number of aryl methyl sites for hydroxylation is 3. The van der Waals surface area contributed by atoms with E-state index in [1.807, 2.05) is 34.6 Å². The summed E-state index contributed by atoms with van der Waals surface area (Å²) >= 11 is 0. The lowest BCUT2D eigenvalue weighted by Crippen LogP contribution is -2.33. The summed E-state index contributed by atoms with van der Waals surface area (Å²) in [6.07, 6.45) is 2.78. The minimum absolute atomic E-state index is 0.0922. The van der Waals surface area contributed by atoms with Crippen molar-refractivity contribution in [2.75, 3.05) is 19.0 Å². The van der Waals surface area contributed by atoms with Gasteiger partial charge in [0.05, 0.1) is 19.2 Å². The molecule has 0 bridgehead atoms. The van der Waals surface area contributed by atoms with Crippen molar-refractivity contribution in [3.63, 3.8) is 0 Å². The third-order valence-electron chi connectivity index (χ3n) is 5.64. The molecule has 2 aromatic rings. The van der Waals surface area contributed by atoms with Crippen LogP contribution in [0.15, 0.2) is 30.3 Å². The van der Waals surface area contributed by atoms with Crippen LogP contribution in [-0.2, 0) is 21.4 Å². The van der Waals surface area contributed by atoms with Crippen LogP contribution in [0.4, 0.5) is 5.69 Å². The quantitative estimate of drug-likeness (QED) is 0.436. The third-order valence-corrected chi connectivity index (χ3v) is 5.64. The van der Waals surface area contributed by atoms with Gasteiger partial charge in [-0.3, -0.25) is 9.59 Å². The highest BCUT2D eigenvalue weighted by Crippen LogP contribution is 2.30. The molecule has 0 radical (unpaired) electrons. The van der Waals surface area contributed by atoms with Crippen LogP contribution >= 0.6 is 0 Å². The van der Waals surface area contributed by atoms with E-state index in [0.717, 1.165) is 35.3 Å². The molecule has 0 aromatic heterocycles. The Morgan fingerprint density at radius 2 is 1.62 bits per heavy atom. The number of hydrogen-bond acceptors (Lipinski definition) is 4. The van der Waals surface area contributed by atoms with Crippen LogP contribution in [0, 0.1) is 13.8 Å². The van der Waals surface area contributed by atoms with E-state index in [1.54, 1.807) is 13.2 Å². The molecule has 0 saturated carbocycles. The molecule has 2 aromatic carbocycles. The second-order valence-corrected chi connectivity index (χ2v) is 9.61. The topological polar surface area (TPSA) is 105 Å². The van der Waals surface area contributed by atoms with E-state index in [2.05, 4.69) is 22.8 Å². The largest absolute Gasteiger partial charge is 0.496 e. The maximum absolute atomic E-state index is 12.4. The number of carboxylic acids is 1. The van der Waals surface area contributed by atoms with Gasteiger partial charge in [-0.1, -0.05) is 39.0 Å². The Kier molecular flexibility index (Phi) is 9.24. The highest BCUT2D eigenvalue weighted by Gasteiger charge is 2.21. The highest BCUT2D eigenvalue weighted by atomic mass is 16.5. The Morgan fingerprint density at radius 1 is 0.971 bits per heavy atom. The third kappa shape index (κ3) is 7.61. The average molecular weight is 469 g/mol. The van der Waals surface area contributed by atoms with E-state index < -0.39 is 11.9 Å². The van der Waals surface area contributed by atoms with Gasteiger partial charge in [0.15, 0.2) is 0 Å². The fourth-order valence-electron chi connectivity index (χ4n) is 4.02. The second-order valence-electron chi connectivity index (χ2n) is 9.61. The first-order valence-electron chi connectivity index (χ1n) is 11.5. The lowest BCUT2D eigenvalue weighted by Gasteiger charge is -2.23. The fraction of sp³-hybridized carbons (Fsp3) is 0.444. The first-order valence-corrected chi connectivity index (χ1v) is 11.5. The molecular weight excluding hydrogens is 432 g/mol. The molecule has 3 N–H and O–H groups in total. The maximum Gasteiger partial charge on any atom is 0.335 e. The van der Waals surface area contributed by atoms with E-state index in [-0.39, 0.29) is 23.4 Å². The van der Waals surface area contributed by atoms with E-state index in [9.17, 15) is 19.5 Å². The van der Waals surface area contributed by atoms with E-state index in [4.69, 9.17) is 4.74 Å². The first kappa shape index (κ1) is 26.9. The molecule has 184 valence electrons. The maximum atomic E-state index is 12.4. The number of hydrogen-bond donors (Lipinski definition) is 3. The smallest absolute Gasteiger partial charge is 0.335 e. The first-order chi connectivity index (χ1) is 15.9. The molecule has 7 nitrogen and oxygen atoms in total. The SMILES string of the molecule is COc1c(C)cc(CCCCC(=O)NCC(=O)Nc2cc(C(=O)O)ccc2C(C)(C)C)cc1C. The summed E-state index contributed by atoms with van der Waals surface area (Å²) in [5.41, 5.74) is 4.49. The predicted octanol–water partition coefficient (Wildman–Crippen LogP) is 4.78. The Balaban J connectivity index is 1.83. The molecule has 0 atom stereocenters. The number of amides is 2. The molecule has 0 saturated heterocycles. The van der Waals surface area contributed by atoms with E-state index >= 15 is 0 Å². The highest BCUT2D eigenvalue weighted by molar-refractivity contribution is 5.97. The van der Waals surface area contributed by atoms with Gasteiger partial charge in [0.1, 0.15) is 5.75 Å². The van der Waals surface area contributed by atoms with Crippen LogP contribution in [0.5, 0.6) is 5.75 Å². The Hall–Kier alpha value is -3.35. The van der Waals surface area contributed by atoms with Crippen LogP contribution < -0.4 is 15.4 Å². The van der Waals surface area contributed by atoms with Crippen molar-refractivity contribution < 1.29 is 24.2 Å². The van der Waals surface area contributed by atoms with Crippen molar-refractivity contribution in [2.45, 2.75) is 65.7 Å². The van der Waals surface area contributed by atoms with Gasteiger partial charge in [-0.15, -0.1) is 0 Å². The van der Waals surface area contributed by atoms with Gasteiger partial charge in [0.25, 0.3) is 0 Å². The molecule has 0 aliphatic rings. The molecule has 34 heavy (non-hydrogen) atoms. The number of nitrogens with one attached hydrogen (secondary N) is 2. The molecule has 2 rings (SSSR count). The molecule has 7 heteroatoms. The number of ether oxygens (including phenoxy) is 1. The summed E-state index contributed by atoms with van der Waals surface area (Å²) in [6, 6.07) is 8.91. The number of unbranched alkanes of at least 4 members (excludes halogenated alkanes) is 1. The zero-order chi connectivity index (χ0) is 25.5. The number of carbonyl (C=O) groups is 3. The Morgan fingerprint density at radius 3 is 2.18 bits per heavy atom. The molecule has 0 heterocycles. The number of carboxylic acid groups (broad SMARTS) is 1. The summed E-state index contributed by atoms with van der Waals surface area (Å²) in [6.45, 7) is 9.82. The van der Waals surface area contributed by atoms with Crippen LogP contribution in [0.1, 0.15) is 72.6 Å². The van der Waals surface area contributed by atoms with Crippen molar-refractivity contribution >= 4 is 23.5 Å². The van der Waals surface area contributed by atoms with Crippen molar-refractivity contribution in [3.05, 3.63) is 58.1 Å². The molecule has 0 aliphatic carbocycles. The molecule has 0 fully saturated rings. The summed E-state index contributed by atoms with van der Waals surface area (Å²) in [5, 5.41) is 14.7. The zero-order valence-electron chi connectivity index (χ0n) is 21.0. The summed E-state index contributed by atoms with van der Waals surface area (Å²) in [7, 11) is 1.67. The molecular formula is C27H36N2O5. The van der Waals surface area contributed by atoms with Gasteiger partial charge >= 0.3 is 5.97 Å². The average Bonchev–Trinajstić information content (AvgIpc) is 2.74. The van der Waals surface area contributed by atoms with Gasteiger partial charge in [-0.05, 0) is 72.9 Å². The van der Waals surface area contributed by atoms with Crippen LogP contribution in [0.2, 0.25) is 0 Å². The fourth-order valence-corrected chi connectivity index (χ4v) is 4.02. The Bertz CT molecular complexity index is 1030. The normalized spacial score (nSPS) is 11.1. The predicted molar refractivity (Wildman–Crippen MR) is 134 cm³/mol. The van der Waals surface area contributed by atoms with Crippen molar-refractivity contribution in [1.82, 2.24) is 5.32 Å². The summed E-state index contributed by atoms with van der Waals surface area (Å²) < 4.78 is 5.40. The lowest BCUT2D eigenvalue weighted by atomic mass is 9.85. The molecule has 0 unspecified atom stereocenters. The molecule has 0 spiro atoms. The number of rotatable bonds is 10. The van der Waals surface area contributed by atoms with E-state index in [1.165, 1.54) is 17.7 Å². The van der Waals surface area contributed by atoms with Crippen LogP contribution in [0.25, 0.3) is 0 Å². The monoisotopic (exact) mass is 468 g/mol. The van der Waals surface area contributed by atoms with Gasteiger partial charge in [0, 0.05) is 12.1 Å². The standard InChI is InChI=1S/C27H36N2O5/c1-17-13-19(14-18(2)25(17)34-6)9-7-8-10-23(30)28-16-24(31)29-22-15-20(26(32)33)11-12-21(22)27(3,4)5/h11-15H,7-10,16H2,1-6H3,(H,28,30)(H,29,31)(H,32,33). The van der Waals surface area contributed by atoms with Gasteiger partial charge in [0.2, 0.25) is 11.8 Å². The van der Waals surface area contributed by atoms with Crippen molar-refractivity contribution in [2.24, 2.45) is 0 Å². The number of benzene rings is 2. The van der Waals surface area contributed by atoms with Gasteiger partial charge in [-0.25, -0.2) is 4.79 Å². The van der Waals surface area contributed by atoms with Crippen molar-refractivity contribution in [1.29, 1.82) is 0 Å². The van der Waals surface area contributed by atoms with Gasteiger partial charge in [-0.2, -0.15) is 0 Å². The molecule has 2 amide bonds. The van der Waals surface area contributed by atoms with Gasteiger partial charge < -0.3 is 20.5 Å². The number of methoxy groups -OCH3 is 1. The van der Waals surface area contributed by atoms with Crippen LogP contribution in [-0.4, -0.2) is 36.5 Å². The number of anilines is 1. The summed E-state index contributed by atoms with van der Waals surface area (Å²) in [5.74, 6) is -0.743. The second kappa shape index (κ2) is 11.7. The zero-order valence-corrected chi connectivity index (χ0v) is 21.0. The molecule has 0 aliphatic heterocycles. The minimum atomic E-state index is -1.07. The minimum Gasteiger partial charge on any atom is -0.496 e. The lowest BCUT2D eigenvalue weighted by molar-refractivity contribution is -0.124. The van der Waals surface area contributed by atoms with Crippen LogP contribution in [0.3, 0.4) is 0 Å². The number of carbonyl (C=O) groups excluding carboxylic acids is 2. The summed E-state index contributed by atoms with van der Waals surface area (Å²) in [4.78, 5) is 35.9. The number of aromatic carboxylic acids is 1. The Labute approximate surface area is 201 Å². The van der Waals surface area contributed by atoms with Crippen molar-refractivity contribution in [3.8, 4) is 5.75 Å². The van der Waals surface area contributed by atoms with E-state index in [0.29, 0.717) is 18.5 Å².